The average molecular weight is 230 g/mol. The van der Waals surface area contributed by atoms with E-state index in [0.717, 1.165) is 31.2 Å². The first-order valence-electron chi connectivity index (χ1n) is 6.09. The zero-order valence-corrected chi connectivity index (χ0v) is 9.89. The summed E-state index contributed by atoms with van der Waals surface area (Å²) in [6.45, 7) is 0.540. The van der Waals surface area contributed by atoms with E-state index in [1.807, 2.05) is 24.3 Å². The first-order valence-corrected chi connectivity index (χ1v) is 6.09. The van der Waals surface area contributed by atoms with Gasteiger partial charge >= 0.3 is 0 Å². The Balaban J connectivity index is 2.38. The summed E-state index contributed by atoms with van der Waals surface area (Å²) in [6.07, 6.45) is 3.07. The van der Waals surface area contributed by atoms with E-state index in [-0.39, 0.29) is 11.5 Å². The molecule has 3 heteroatoms. The Bertz CT molecular complexity index is 428. The molecule has 0 aromatic heterocycles. The lowest BCUT2D eigenvalue weighted by Gasteiger charge is -2.39. The second-order valence-corrected chi connectivity index (χ2v) is 4.87. The van der Waals surface area contributed by atoms with Gasteiger partial charge in [-0.05, 0) is 37.3 Å². The molecule has 1 aromatic carbocycles. The van der Waals surface area contributed by atoms with E-state index in [0.29, 0.717) is 12.1 Å². The topological polar surface area (TPSA) is 70.0 Å². The minimum Gasteiger partial charge on any atom is -0.393 e. The van der Waals surface area contributed by atoms with Gasteiger partial charge in [-0.3, -0.25) is 0 Å². The highest BCUT2D eigenvalue weighted by Crippen LogP contribution is 2.39. The molecule has 3 N–H and O–H groups in total. The van der Waals surface area contributed by atoms with E-state index in [9.17, 15) is 10.4 Å². The molecule has 0 bridgehead atoms. The van der Waals surface area contributed by atoms with Gasteiger partial charge in [-0.15, -0.1) is 0 Å². The molecule has 1 aliphatic carbocycles. The third-order valence-electron chi connectivity index (χ3n) is 3.92. The maximum absolute atomic E-state index is 9.60. The molecule has 1 aromatic rings. The van der Waals surface area contributed by atoms with Crippen molar-refractivity contribution in [2.75, 3.05) is 6.54 Å². The lowest BCUT2D eigenvalue weighted by molar-refractivity contribution is 0.0974. The van der Waals surface area contributed by atoms with Crippen LogP contribution in [0.25, 0.3) is 0 Å². The lowest BCUT2D eigenvalue weighted by atomic mass is 9.67. The summed E-state index contributed by atoms with van der Waals surface area (Å²) in [5.41, 5.74) is 7.60. The Kier molecular flexibility index (Phi) is 3.46. The maximum atomic E-state index is 9.60. The van der Waals surface area contributed by atoms with Crippen LogP contribution in [-0.4, -0.2) is 17.8 Å². The van der Waals surface area contributed by atoms with Crippen molar-refractivity contribution < 1.29 is 5.11 Å². The van der Waals surface area contributed by atoms with Gasteiger partial charge in [0.2, 0.25) is 0 Å². The summed E-state index contributed by atoms with van der Waals surface area (Å²) in [5.74, 6) is 0. The van der Waals surface area contributed by atoms with Crippen molar-refractivity contribution in [1.82, 2.24) is 0 Å². The van der Waals surface area contributed by atoms with Crippen molar-refractivity contribution in [2.24, 2.45) is 5.73 Å². The van der Waals surface area contributed by atoms with Gasteiger partial charge in [-0.2, -0.15) is 5.26 Å². The quantitative estimate of drug-likeness (QED) is 0.812. The Morgan fingerprint density at radius 3 is 2.59 bits per heavy atom. The van der Waals surface area contributed by atoms with E-state index in [2.05, 4.69) is 6.07 Å². The van der Waals surface area contributed by atoms with Crippen molar-refractivity contribution in [3.05, 3.63) is 35.4 Å². The molecule has 0 aliphatic heterocycles. The predicted molar refractivity (Wildman–Crippen MR) is 66.4 cm³/mol. The van der Waals surface area contributed by atoms with E-state index in [1.54, 1.807) is 0 Å². The number of nitrogens with two attached hydrogens (primary N) is 1. The molecule has 17 heavy (non-hydrogen) atoms. The first kappa shape index (κ1) is 12.1. The van der Waals surface area contributed by atoms with Gasteiger partial charge in [0.05, 0.1) is 17.7 Å². The molecule has 1 aliphatic rings. The van der Waals surface area contributed by atoms with Gasteiger partial charge in [0.15, 0.2) is 0 Å². The summed E-state index contributed by atoms with van der Waals surface area (Å²) in [7, 11) is 0. The minimum atomic E-state index is -0.205. The number of aliphatic hydroxyl groups is 1. The zero-order chi connectivity index (χ0) is 12.3. The number of nitriles is 1. The van der Waals surface area contributed by atoms with Gasteiger partial charge in [0.25, 0.3) is 0 Å². The molecular weight excluding hydrogens is 212 g/mol. The molecule has 90 valence electrons. The van der Waals surface area contributed by atoms with Crippen LogP contribution in [0.2, 0.25) is 0 Å². The van der Waals surface area contributed by atoms with Gasteiger partial charge in [-0.25, -0.2) is 0 Å². The Labute approximate surface area is 102 Å². The van der Waals surface area contributed by atoms with Crippen molar-refractivity contribution in [1.29, 1.82) is 5.26 Å². The number of hydrogen-bond acceptors (Lipinski definition) is 3. The SMILES string of the molecule is N#Cc1ccccc1C1(CN)CCC(O)CC1. The largest absolute Gasteiger partial charge is 0.393 e. The highest BCUT2D eigenvalue weighted by molar-refractivity contribution is 5.43. The second-order valence-electron chi connectivity index (χ2n) is 4.87. The summed E-state index contributed by atoms with van der Waals surface area (Å²) >= 11 is 0. The van der Waals surface area contributed by atoms with Crippen LogP contribution in [0.4, 0.5) is 0 Å². The van der Waals surface area contributed by atoms with Crippen molar-refractivity contribution >= 4 is 0 Å². The standard InChI is InChI=1S/C14H18N2O/c15-9-11-3-1-2-4-13(11)14(10-16)7-5-12(17)6-8-14/h1-4,12,17H,5-8,10,16H2. The average Bonchev–Trinajstić information content (AvgIpc) is 2.40. The third-order valence-corrected chi connectivity index (χ3v) is 3.92. The number of aliphatic hydroxyl groups excluding tert-OH is 1. The number of rotatable bonds is 2. The van der Waals surface area contributed by atoms with Crippen LogP contribution in [0.1, 0.15) is 36.8 Å². The first-order chi connectivity index (χ1) is 8.22. The lowest BCUT2D eigenvalue weighted by Crippen LogP contribution is -2.40. The van der Waals surface area contributed by atoms with Gasteiger partial charge in [-0.1, -0.05) is 18.2 Å². The molecule has 2 rings (SSSR count). The highest BCUT2D eigenvalue weighted by atomic mass is 16.3. The smallest absolute Gasteiger partial charge is 0.0994 e. The van der Waals surface area contributed by atoms with Gasteiger partial charge < -0.3 is 10.8 Å². The second kappa shape index (κ2) is 4.87. The van der Waals surface area contributed by atoms with Crippen LogP contribution < -0.4 is 5.73 Å². The number of nitrogens with zero attached hydrogens (tertiary/aromatic N) is 1. The summed E-state index contributed by atoms with van der Waals surface area (Å²) in [5, 5.41) is 18.8. The van der Waals surface area contributed by atoms with E-state index >= 15 is 0 Å². The highest BCUT2D eigenvalue weighted by Gasteiger charge is 2.36. The molecule has 3 nitrogen and oxygen atoms in total. The fraction of sp³-hybridized carbons (Fsp3) is 0.500. The predicted octanol–water partition coefficient (Wildman–Crippen LogP) is 1.69. The van der Waals surface area contributed by atoms with Crippen LogP contribution in [-0.2, 0) is 5.41 Å². The Hall–Kier alpha value is -1.37. The fourth-order valence-electron chi connectivity index (χ4n) is 2.78. The van der Waals surface area contributed by atoms with Crippen molar-refractivity contribution in [3.63, 3.8) is 0 Å². The van der Waals surface area contributed by atoms with Gasteiger partial charge in [0.1, 0.15) is 0 Å². The van der Waals surface area contributed by atoms with E-state index < -0.39 is 0 Å². The monoisotopic (exact) mass is 230 g/mol. The fourth-order valence-corrected chi connectivity index (χ4v) is 2.78. The van der Waals surface area contributed by atoms with Crippen LogP contribution >= 0.6 is 0 Å². The van der Waals surface area contributed by atoms with Gasteiger partial charge in [0, 0.05) is 12.0 Å². The molecule has 0 unspecified atom stereocenters. The maximum Gasteiger partial charge on any atom is 0.0994 e. The van der Waals surface area contributed by atoms with E-state index in [1.165, 1.54) is 0 Å². The minimum absolute atomic E-state index is 0.119. The molecule has 0 atom stereocenters. The molecule has 0 saturated heterocycles. The molecule has 1 fully saturated rings. The molecule has 0 heterocycles. The van der Waals surface area contributed by atoms with Crippen LogP contribution in [0, 0.1) is 11.3 Å². The molecule has 0 radical (unpaired) electrons. The van der Waals surface area contributed by atoms with Crippen LogP contribution in [0.15, 0.2) is 24.3 Å². The molecule has 1 saturated carbocycles. The molecular formula is C14H18N2O. The van der Waals surface area contributed by atoms with Crippen molar-refractivity contribution in [3.8, 4) is 6.07 Å². The Morgan fingerprint density at radius 2 is 2.00 bits per heavy atom. The third kappa shape index (κ3) is 2.19. The number of benzene rings is 1. The summed E-state index contributed by atoms with van der Waals surface area (Å²) < 4.78 is 0. The summed E-state index contributed by atoms with van der Waals surface area (Å²) in [4.78, 5) is 0. The van der Waals surface area contributed by atoms with E-state index in [4.69, 9.17) is 5.73 Å². The molecule has 0 amide bonds. The zero-order valence-electron chi connectivity index (χ0n) is 9.89. The molecule has 0 spiro atoms. The summed E-state index contributed by atoms with van der Waals surface area (Å²) in [6, 6.07) is 9.93. The van der Waals surface area contributed by atoms with Crippen LogP contribution in [0.3, 0.4) is 0 Å². The number of hydrogen-bond donors (Lipinski definition) is 2. The van der Waals surface area contributed by atoms with Crippen LogP contribution in [0.5, 0.6) is 0 Å². The van der Waals surface area contributed by atoms with Crippen molar-refractivity contribution in [2.45, 2.75) is 37.2 Å². The normalized spacial score (nSPS) is 28.6. The Morgan fingerprint density at radius 1 is 1.35 bits per heavy atom.